The molecule has 0 aliphatic carbocycles. The number of rotatable bonds is 6. The molecule has 3 N–H and O–H groups in total. The molecule has 0 atom stereocenters. The van der Waals surface area contributed by atoms with Gasteiger partial charge in [-0.05, 0) is 6.92 Å². The summed E-state index contributed by atoms with van der Waals surface area (Å²) in [5.74, 6) is 0.622. The molecule has 0 aliphatic heterocycles. The molecule has 1 rings (SSSR count). The maximum Gasteiger partial charge on any atom is 0.193 e. The van der Waals surface area contributed by atoms with Crippen LogP contribution in [0, 0.1) is 5.41 Å². The van der Waals surface area contributed by atoms with Gasteiger partial charge in [0.1, 0.15) is 5.84 Å². The lowest BCUT2D eigenvalue weighted by Gasteiger charge is -2.12. The minimum absolute atomic E-state index is 0.0683. The molecule has 16 heavy (non-hydrogen) atoms. The van der Waals surface area contributed by atoms with E-state index in [4.69, 9.17) is 25.4 Å². The highest BCUT2D eigenvalue weighted by atomic mass is 16.7. The molecule has 0 radical (unpaired) electrons. The molecule has 0 amide bonds. The van der Waals surface area contributed by atoms with Crippen LogP contribution in [0.3, 0.4) is 0 Å². The first-order chi connectivity index (χ1) is 7.70. The molecule has 6 nitrogen and oxygen atoms in total. The van der Waals surface area contributed by atoms with Gasteiger partial charge in [-0.3, -0.25) is 5.41 Å². The Labute approximate surface area is 93.8 Å². The SMILES string of the molecule is CCOCOc1c(OC)ccnc1C(=N)N. The van der Waals surface area contributed by atoms with E-state index in [9.17, 15) is 0 Å². The largest absolute Gasteiger partial charge is 0.493 e. The van der Waals surface area contributed by atoms with Gasteiger partial charge in [0.25, 0.3) is 0 Å². The fourth-order valence-corrected chi connectivity index (χ4v) is 1.11. The van der Waals surface area contributed by atoms with Crippen molar-refractivity contribution in [1.82, 2.24) is 4.98 Å². The standard InChI is InChI=1S/C10H15N3O3/c1-3-15-6-16-9-7(14-2)4-5-13-8(9)10(11)12/h4-5H,3,6H2,1-2H3,(H3,11,12). The van der Waals surface area contributed by atoms with Crippen LogP contribution in [0.25, 0.3) is 0 Å². The smallest absolute Gasteiger partial charge is 0.193 e. The second kappa shape index (κ2) is 5.92. The third-order valence-electron chi connectivity index (χ3n) is 1.83. The van der Waals surface area contributed by atoms with Gasteiger partial charge in [-0.25, -0.2) is 4.98 Å². The monoisotopic (exact) mass is 225 g/mol. The van der Waals surface area contributed by atoms with Crippen molar-refractivity contribution in [2.75, 3.05) is 20.5 Å². The predicted molar refractivity (Wildman–Crippen MR) is 58.9 cm³/mol. The number of nitrogen functional groups attached to an aromatic ring is 1. The van der Waals surface area contributed by atoms with Crippen molar-refractivity contribution in [3.63, 3.8) is 0 Å². The molecular formula is C10H15N3O3. The van der Waals surface area contributed by atoms with Crippen LogP contribution in [0.2, 0.25) is 0 Å². The predicted octanol–water partition coefficient (Wildman–Crippen LogP) is 0.747. The zero-order valence-corrected chi connectivity index (χ0v) is 9.32. The third-order valence-corrected chi connectivity index (χ3v) is 1.83. The van der Waals surface area contributed by atoms with E-state index in [1.165, 1.54) is 13.3 Å². The fourth-order valence-electron chi connectivity index (χ4n) is 1.11. The lowest BCUT2D eigenvalue weighted by atomic mass is 10.3. The minimum Gasteiger partial charge on any atom is -0.493 e. The molecule has 0 saturated carbocycles. The van der Waals surface area contributed by atoms with Crippen molar-refractivity contribution in [1.29, 1.82) is 5.41 Å². The van der Waals surface area contributed by atoms with Crippen LogP contribution in [0.5, 0.6) is 11.5 Å². The molecule has 0 aromatic carbocycles. The lowest BCUT2D eigenvalue weighted by molar-refractivity contribution is 0.0205. The number of aromatic nitrogens is 1. The van der Waals surface area contributed by atoms with E-state index >= 15 is 0 Å². The van der Waals surface area contributed by atoms with Crippen LogP contribution in [0.15, 0.2) is 12.3 Å². The van der Waals surface area contributed by atoms with Crippen LogP contribution in [0.4, 0.5) is 0 Å². The Morgan fingerprint density at radius 3 is 2.88 bits per heavy atom. The summed E-state index contributed by atoms with van der Waals surface area (Å²) in [6.45, 7) is 2.46. The van der Waals surface area contributed by atoms with E-state index in [2.05, 4.69) is 4.98 Å². The van der Waals surface area contributed by atoms with Gasteiger partial charge in [-0.2, -0.15) is 0 Å². The second-order valence-electron chi connectivity index (χ2n) is 2.86. The van der Waals surface area contributed by atoms with E-state index in [1.54, 1.807) is 6.07 Å². The highest BCUT2D eigenvalue weighted by molar-refractivity contribution is 5.96. The van der Waals surface area contributed by atoms with Crippen LogP contribution in [-0.4, -0.2) is 31.3 Å². The quantitative estimate of drug-likeness (QED) is 0.322. The van der Waals surface area contributed by atoms with Crippen LogP contribution in [0.1, 0.15) is 12.6 Å². The maximum atomic E-state index is 7.37. The first-order valence-electron chi connectivity index (χ1n) is 4.78. The van der Waals surface area contributed by atoms with Gasteiger partial charge in [-0.1, -0.05) is 0 Å². The minimum atomic E-state index is -0.176. The summed E-state index contributed by atoms with van der Waals surface area (Å²) < 4.78 is 15.5. The molecule has 0 saturated heterocycles. The molecule has 1 heterocycles. The van der Waals surface area contributed by atoms with Gasteiger partial charge < -0.3 is 19.9 Å². The molecule has 6 heteroatoms. The average molecular weight is 225 g/mol. The topological polar surface area (TPSA) is 90.5 Å². The maximum absolute atomic E-state index is 7.37. The molecule has 0 fully saturated rings. The zero-order valence-electron chi connectivity index (χ0n) is 9.32. The van der Waals surface area contributed by atoms with E-state index in [0.29, 0.717) is 18.1 Å². The Kier molecular flexibility index (Phi) is 4.53. The summed E-state index contributed by atoms with van der Waals surface area (Å²) in [6.07, 6.45) is 1.50. The van der Waals surface area contributed by atoms with Gasteiger partial charge in [-0.15, -0.1) is 0 Å². The normalized spacial score (nSPS) is 9.88. The molecule has 88 valence electrons. The highest BCUT2D eigenvalue weighted by Crippen LogP contribution is 2.28. The molecule has 0 spiro atoms. The molecule has 1 aromatic rings. The van der Waals surface area contributed by atoms with Gasteiger partial charge in [0, 0.05) is 18.9 Å². The number of nitrogens with zero attached hydrogens (tertiary/aromatic N) is 1. The summed E-state index contributed by atoms with van der Waals surface area (Å²) in [6, 6.07) is 1.63. The Bertz CT molecular complexity index is 368. The Hall–Kier alpha value is -1.82. The van der Waals surface area contributed by atoms with Crippen molar-refractivity contribution < 1.29 is 14.2 Å². The number of pyridine rings is 1. The molecule has 1 aromatic heterocycles. The van der Waals surface area contributed by atoms with E-state index in [1.807, 2.05) is 6.92 Å². The van der Waals surface area contributed by atoms with E-state index in [0.717, 1.165) is 0 Å². The summed E-state index contributed by atoms with van der Waals surface area (Å²) in [5.41, 5.74) is 5.64. The Morgan fingerprint density at radius 2 is 2.31 bits per heavy atom. The summed E-state index contributed by atoms with van der Waals surface area (Å²) in [5, 5.41) is 7.37. The zero-order chi connectivity index (χ0) is 12.0. The van der Waals surface area contributed by atoms with Gasteiger partial charge in [0.05, 0.1) is 7.11 Å². The number of ether oxygens (including phenoxy) is 3. The lowest BCUT2D eigenvalue weighted by Crippen LogP contribution is -2.16. The first-order valence-corrected chi connectivity index (χ1v) is 4.78. The summed E-state index contributed by atoms with van der Waals surface area (Å²) in [7, 11) is 1.51. The number of hydrogen-bond donors (Lipinski definition) is 2. The summed E-state index contributed by atoms with van der Waals surface area (Å²) in [4.78, 5) is 3.96. The molecule has 0 aliphatic rings. The molecule has 0 bridgehead atoms. The van der Waals surface area contributed by atoms with E-state index in [-0.39, 0.29) is 18.3 Å². The Morgan fingerprint density at radius 1 is 1.56 bits per heavy atom. The van der Waals surface area contributed by atoms with Crippen LogP contribution < -0.4 is 15.2 Å². The van der Waals surface area contributed by atoms with Crippen LogP contribution in [-0.2, 0) is 4.74 Å². The first kappa shape index (κ1) is 12.3. The van der Waals surface area contributed by atoms with Gasteiger partial charge in [0.2, 0.25) is 0 Å². The van der Waals surface area contributed by atoms with Crippen molar-refractivity contribution in [2.45, 2.75) is 6.92 Å². The second-order valence-corrected chi connectivity index (χ2v) is 2.86. The number of amidine groups is 1. The van der Waals surface area contributed by atoms with Gasteiger partial charge >= 0.3 is 0 Å². The van der Waals surface area contributed by atoms with Crippen LogP contribution >= 0.6 is 0 Å². The van der Waals surface area contributed by atoms with Crippen molar-refractivity contribution in [3.8, 4) is 11.5 Å². The number of nitrogens with one attached hydrogen (secondary N) is 1. The highest BCUT2D eigenvalue weighted by Gasteiger charge is 2.14. The number of nitrogens with two attached hydrogens (primary N) is 1. The number of methoxy groups -OCH3 is 1. The third kappa shape index (κ3) is 2.83. The van der Waals surface area contributed by atoms with Crippen molar-refractivity contribution in [3.05, 3.63) is 18.0 Å². The molecular weight excluding hydrogens is 210 g/mol. The number of hydrogen-bond acceptors (Lipinski definition) is 5. The molecule has 0 unspecified atom stereocenters. The van der Waals surface area contributed by atoms with Crippen molar-refractivity contribution >= 4 is 5.84 Å². The van der Waals surface area contributed by atoms with Crippen molar-refractivity contribution in [2.24, 2.45) is 5.73 Å². The Balaban J connectivity index is 2.95. The van der Waals surface area contributed by atoms with E-state index < -0.39 is 0 Å². The van der Waals surface area contributed by atoms with Gasteiger partial charge in [0.15, 0.2) is 24.0 Å². The summed E-state index contributed by atoms with van der Waals surface area (Å²) >= 11 is 0. The average Bonchev–Trinajstić information content (AvgIpc) is 2.29. The fraction of sp³-hybridized carbons (Fsp3) is 0.400.